The van der Waals surface area contributed by atoms with Gasteiger partial charge in [-0.15, -0.1) is 0 Å². The monoisotopic (exact) mass is 335 g/mol. The fourth-order valence-electron chi connectivity index (χ4n) is 3.58. The van der Waals surface area contributed by atoms with Crippen LogP contribution in [0.2, 0.25) is 0 Å². The summed E-state index contributed by atoms with van der Waals surface area (Å²) < 4.78 is 11.9. The number of hydrogen-bond donors (Lipinski definition) is 0. The van der Waals surface area contributed by atoms with E-state index in [-0.39, 0.29) is 17.5 Å². The van der Waals surface area contributed by atoms with Crippen LogP contribution < -0.4 is 10.3 Å². The van der Waals surface area contributed by atoms with Crippen molar-refractivity contribution in [1.29, 1.82) is 0 Å². The molecule has 1 aromatic heterocycles. The van der Waals surface area contributed by atoms with Gasteiger partial charge in [-0.1, -0.05) is 42.5 Å². The summed E-state index contributed by atoms with van der Waals surface area (Å²) in [6.45, 7) is 5.44. The molecule has 0 radical (unpaired) electrons. The Hall–Kier alpha value is -2.59. The van der Waals surface area contributed by atoms with Gasteiger partial charge >= 0.3 is 0 Å². The van der Waals surface area contributed by atoms with Gasteiger partial charge in [-0.25, -0.2) is 0 Å². The van der Waals surface area contributed by atoms with Gasteiger partial charge in [0.1, 0.15) is 5.58 Å². The number of morpholine rings is 1. The van der Waals surface area contributed by atoms with Gasteiger partial charge in [0.25, 0.3) is 0 Å². The lowest BCUT2D eigenvalue weighted by atomic mass is 10.0. The highest BCUT2D eigenvalue weighted by atomic mass is 16.5. The first kappa shape index (κ1) is 15.9. The smallest absolute Gasteiger partial charge is 0.200 e. The molecule has 1 saturated heterocycles. The third-order valence-corrected chi connectivity index (χ3v) is 4.75. The Labute approximate surface area is 146 Å². The largest absolute Gasteiger partial charge is 0.440 e. The van der Waals surface area contributed by atoms with Crippen LogP contribution >= 0.6 is 0 Å². The van der Waals surface area contributed by atoms with Crippen molar-refractivity contribution in [1.82, 2.24) is 0 Å². The number of para-hydroxylation sites is 1. The van der Waals surface area contributed by atoms with Gasteiger partial charge in [0.15, 0.2) is 5.43 Å². The molecule has 0 spiro atoms. The van der Waals surface area contributed by atoms with Gasteiger partial charge in [-0.05, 0) is 25.5 Å². The van der Waals surface area contributed by atoms with Gasteiger partial charge in [0.05, 0.1) is 30.7 Å². The van der Waals surface area contributed by atoms with Crippen LogP contribution in [0.25, 0.3) is 22.1 Å². The maximum atomic E-state index is 12.7. The highest BCUT2D eigenvalue weighted by Gasteiger charge is 2.28. The molecule has 2 atom stereocenters. The lowest BCUT2D eigenvalue weighted by molar-refractivity contribution is 0.0732. The van der Waals surface area contributed by atoms with Gasteiger partial charge in [-0.3, -0.25) is 4.79 Å². The molecule has 3 aromatic rings. The first-order valence-electron chi connectivity index (χ1n) is 8.63. The standard InChI is InChI=1S/C21H21NO3/c1-14-12-24-13-15(2)22(14)20-11-19(23)18-10-6-9-17(21(18)25-20)16-7-4-3-5-8-16/h3-11,14-15H,12-13H2,1-2H3. The average Bonchev–Trinajstić information content (AvgIpc) is 2.62. The minimum absolute atomic E-state index is 0.0140. The molecule has 4 nitrogen and oxygen atoms in total. The molecular weight excluding hydrogens is 314 g/mol. The Morgan fingerprint density at radius 3 is 2.40 bits per heavy atom. The summed E-state index contributed by atoms with van der Waals surface area (Å²) in [6.07, 6.45) is 0. The van der Waals surface area contributed by atoms with Crippen molar-refractivity contribution < 1.29 is 9.15 Å². The van der Waals surface area contributed by atoms with Crippen LogP contribution in [-0.2, 0) is 4.74 Å². The van der Waals surface area contributed by atoms with E-state index in [1.54, 1.807) is 6.07 Å². The number of rotatable bonds is 2. The zero-order chi connectivity index (χ0) is 17.4. The predicted molar refractivity (Wildman–Crippen MR) is 100 cm³/mol. The summed E-state index contributed by atoms with van der Waals surface area (Å²) in [5, 5.41) is 0.610. The molecule has 0 N–H and O–H groups in total. The van der Waals surface area contributed by atoms with Crippen molar-refractivity contribution >= 4 is 16.9 Å². The van der Waals surface area contributed by atoms with Crippen LogP contribution in [0, 0.1) is 0 Å². The maximum Gasteiger partial charge on any atom is 0.200 e. The number of ether oxygens (including phenoxy) is 1. The predicted octanol–water partition coefficient (Wildman–Crippen LogP) is 4.07. The van der Waals surface area contributed by atoms with Crippen LogP contribution in [0.5, 0.6) is 0 Å². The Morgan fingerprint density at radius 1 is 0.960 bits per heavy atom. The lowest BCUT2D eigenvalue weighted by Crippen LogP contribution is -2.50. The van der Waals surface area contributed by atoms with Gasteiger partial charge in [0, 0.05) is 11.6 Å². The molecule has 0 amide bonds. The molecule has 1 aliphatic rings. The highest BCUT2D eigenvalue weighted by Crippen LogP contribution is 2.31. The van der Waals surface area contributed by atoms with Crippen molar-refractivity contribution in [3.05, 3.63) is 64.8 Å². The highest BCUT2D eigenvalue weighted by molar-refractivity contribution is 5.92. The third kappa shape index (κ3) is 2.83. The van der Waals surface area contributed by atoms with Crippen molar-refractivity contribution in [3.63, 3.8) is 0 Å². The Morgan fingerprint density at radius 2 is 1.68 bits per heavy atom. The normalized spacial score (nSPS) is 20.8. The van der Waals surface area contributed by atoms with E-state index < -0.39 is 0 Å². The second-order valence-corrected chi connectivity index (χ2v) is 6.64. The maximum absolute atomic E-state index is 12.7. The van der Waals surface area contributed by atoms with Crippen LogP contribution in [0.3, 0.4) is 0 Å². The van der Waals surface area contributed by atoms with E-state index in [0.717, 1.165) is 11.1 Å². The molecule has 0 saturated carbocycles. The molecule has 4 rings (SSSR count). The first-order chi connectivity index (χ1) is 12.1. The van der Waals surface area contributed by atoms with E-state index >= 15 is 0 Å². The minimum Gasteiger partial charge on any atom is -0.440 e. The molecule has 0 aliphatic carbocycles. The van der Waals surface area contributed by atoms with Crippen molar-refractivity contribution in [2.75, 3.05) is 18.1 Å². The zero-order valence-corrected chi connectivity index (χ0v) is 14.4. The fourth-order valence-corrected chi connectivity index (χ4v) is 3.58. The third-order valence-electron chi connectivity index (χ3n) is 4.75. The Kier molecular flexibility index (Phi) is 4.06. The van der Waals surface area contributed by atoms with Gasteiger partial charge in [-0.2, -0.15) is 0 Å². The van der Waals surface area contributed by atoms with Crippen LogP contribution in [0.15, 0.2) is 63.8 Å². The van der Waals surface area contributed by atoms with Crippen molar-refractivity contribution in [3.8, 4) is 11.1 Å². The second-order valence-electron chi connectivity index (χ2n) is 6.64. The SMILES string of the molecule is CC1COCC(C)N1c1cc(=O)c2cccc(-c3ccccc3)c2o1. The summed E-state index contributed by atoms with van der Waals surface area (Å²) in [5.74, 6) is 0.615. The van der Waals surface area contributed by atoms with Gasteiger partial charge < -0.3 is 14.1 Å². The van der Waals surface area contributed by atoms with E-state index in [0.29, 0.717) is 30.1 Å². The molecule has 2 unspecified atom stereocenters. The summed E-state index contributed by atoms with van der Waals surface area (Å²) in [5.41, 5.74) is 2.60. The number of nitrogens with zero attached hydrogens (tertiary/aromatic N) is 1. The van der Waals surface area contributed by atoms with Crippen molar-refractivity contribution in [2.24, 2.45) is 0 Å². The minimum atomic E-state index is -0.0140. The molecule has 0 bridgehead atoms. The average molecular weight is 335 g/mol. The summed E-state index contributed by atoms with van der Waals surface area (Å²) in [4.78, 5) is 14.9. The molecule has 4 heteroatoms. The molecular formula is C21H21NO3. The number of benzene rings is 2. The molecule has 2 aromatic carbocycles. The van der Waals surface area contributed by atoms with Crippen molar-refractivity contribution in [2.45, 2.75) is 25.9 Å². The summed E-state index contributed by atoms with van der Waals surface area (Å²) in [6, 6.07) is 17.7. The topological polar surface area (TPSA) is 42.7 Å². The van der Waals surface area contributed by atoms with E-state index in [1.165, 1.54) is 0 Å². The van der Waals surface area contributed by atoms with E-state index in [2.05, 4.69) is 18.7 Å². The molecule has 1 aliphatic heterocycles. The fraction of sp³-hybridized carbons (Fsp3) is 0.286. The van der Waals surface area contributed by atoms with Crippen LogP contribution in [0.4, 0.5) is 5.88 Å². The molecule has 2 heterocycles. The molecule has 128 valence electrons. The van der Waals surface area contributed by atoms with E-state index in [1.807, 2.05) is 48.5 Å². The number of anilines is 1. The number of fused-ring (bicyclic) bond motifs is 1. The second kappa shape index (κ2) is 6.37. The van der Waals surface area contributed by atoms with E-state index in [4.69, 9.17) is 9.15 Å². The quantitative estimate of drug-likeness (QED) is 0.708. The number of hydrogen-bond acceptors (Lipinski definition) is 4. The summed E-state index contributed by atoms with van der Waals surface area (Å²) >= 11 is 0. The van der Waals surface area contributed by atoms with Gasteiger partial charge in [0.2, 0.25) is 5.88 Å². The van der Waals surface area contributed by atoms with Crippen LogP contribution in [0.1, 0.15) is 13.8 Å². The molecule has 25 heavy (non-hydrogen) atoms. The Balaban J connectivity index is 1.93. The van der Waals surface area contributed by atoms with E-state index in [9.17, 15) is 4.79 Å². The first-order valence-corrected chi connectivity index (χ1v) is 8.63. The Bertz CT molecular complexity index is 938. The molecule has 1 fully saturated rings. The zero-order valence-electron chi connectivity index (χ0n) is 14.4. The summed E-state index contributed by atoms with van der Waals surface area (Å²) in [7, 11) is 0. The lowest BCUT2D eigenvalue weighted by Gasteiger charge is -2.39. The van der Waals surface area contributed by atoms with Crippen LogP contribution in [-0.4, -0.2) is 25.3 Å².